The van der Waals surface area contributed by atoms with Crippen molar-refractivity contribution in [1.82, 2.24) is 9.80 Å². The fourth-order valence-corrected chi connectivity index (χ4v) is 5.89. The van der Waals surface area contributed by atoms with Gasteiger partial charge in [0.25, 0.3) is 5.91 Å². The van der Waals surface area contributed by atoms with Crippen molar-refractivity contribution in [2.45, 2.75) is 27.2 Å². The summed E-state index contributed by atoms with van der Waals surface area (Å²) in [4.78, 5) is 31.5. The highest BCUT2D eigenvalue weighted by Gasteiger charge is 2.44. The number of aryl methyl sites for hydroxylation is 2. The lowest BCUT2D eigenvalue weighted by Gasteiger charge is -2.28. The molecule has 0 saturated carbocycles. The Kier molecular flexibility index (Phi) is 5.49. The zero-order valence-electron chi connectivity index (χ0n) is 17.3. The Labute approximate surface area is 176 Å². The molecule has 1 aromatic heterocycles. The normalized spacial score (nSPS) is 21.7. The molecule has 2 aliphatic rings. The van der Waals surface area contributed by atoms with Crippen molar-refractivity contribution in [3.8, 4) is 0 Å². The second kappa shape index (κ2) is 7.92. The van der Waals surface area contributed by atoms with Crippen molar-refractivity contribution in [3.63, 3.8) is 0 Å². The van der Waals surface area contributed by atoms with E-state index in [1.165, 1.54) is 4.88 Å². The highest BCUT2D eigenvalue weighted by molar-refractivity contribution is 7.12. The van der Waals surface area contributed by atoms with Gasteiger partial charge in [-0.3, -0.25) is 14.5 Å². The summed E-state index contributed by atoms with van der Waals surface area (Å²) in [6.07, 6.45) is 0.249. The second-order valence-electron chi connectivity index (χ2n) is 8.31. The van der Waals surface area contributed by atoms with Gasteiger partial charge >= 0.3 is 0 Å². The largest absolute Gasteiger partial charge is 0.370 e. The fraction of sp³-hybridized carbons (Fsp3) is 0.435. The molecule has 0 bridgehead atoms. The first-order valence-electron chi connectivity index (χ1n) is 10.2. The van der Waals surface area contributed by atoms with Gasteiger partial charge in [-0.25, -0.2) is 0 Å². The molecule has 4 rings (SSSR count). The molecule has 3 heterocycles. The lowest BCUT2D eigenvalue weighted by atomic mass is 10.0. The molecule has 1 radical (unpaired) electrons. The molecule has 2 N–H and O–H groups in total. The van der Waals surface area contributed by atoms with Crippen molar-refractivity contribution in [3.05, 3.63) is 62.8 Å². The third kappa shape index (κ3) is 3.83. The lowest BCUT2D eigenvalue weighted by Crippen LogP contribution is -2.36. The molecular formula is C23H28N3O2S. The highest BCUT2D eigenvalue weighted by Crippen LogP contribution is 2.38. The van der Waals surface area contributed by atoms with Crippen LogP contribution in [0.15, 0.2) is 30.3 Å². The average Bonchev–Trinajstić information content (AvgIpc) is 3.32. The minimum absolute atomic E-state index is 0.176. The standard InChI is InChI=1S/C23H28N3O2S/c1-14-15(2)29-16(3)22(14)23(28)26-12-18-10-25(11-19(18)13-26)20(9-21(24)27)17-7-5-4-6-8-17/h4-8,18-19H,9-13H2,1-3H3,(H2,24,27)/t18-,19?/m0/s1. The molecule has 0 aliphatic carbocycles. The van der Waals surface area contributed by atoms with Crippen LogP contribution in [0.3, 0.4) is 0 Å². The molecule has 2 atom stereocenters. The van der Waals surface area contributed by atoms with Gasteiger partial charge in [0.05, 0.1) is 18.0 Å². The Bertz CT molecular complexity index is 910. The monoisotopic (exact) mass is 410 g/mol. The van der Waals surface area contributed by atoms with Crippen LogP contribution in [0.25, 0.3) is 0 Å². The van der Waals surface area contributed by atoms with Crippen molar-refractivity contribution < 1.29 is 9.59 Å². The number of thiophene rings is 1. The number of amides is 2. The maximum atomic E-state index is 13.2. The summed E-state index contributed by atoms with van der Waals surface area (Å²) in [7, 11) is 0. The highest BCUT2D eigenvalue weighted by atomic mass is 32.1. The predicted octanol–water partition coefficient (Wildman–Crippen LogP) is 3.13. The molecule has 0 spiro atoms. The zero-order chi connectivity index (χ0) is 20.7. The molecule has 1 aromatic carbocycles. The molecule has 29 heavy (non-hydrogen) atoms. The van der Waals surface area contributed by atoms with Crippen molar-refractivity contribution in [2.75, 3.05) is 26.2 Å². The van der Waals surface area contributed by atoms with E-state index in [1.54, 1.807) is 11.3 Å². The molecular weight excluding hydrogens is 382 g/mol. The van der Waals surface area contributed by atoms with Crippen LogP contribution in [0.5, 0.6) is 0 Å². The Hall–Kier alpha value is -2.18. The average molecular weight is 411 g/mol. The van der Waals surface area contributed by atoms with Gasteiger partial charge in [0.1, 0.15) is 0 Å². The van der Waals surface area contributed by atoms with E-state index >= 15 is 0 Å². The van der Waals surface area contributed by atoms with E-state index in [0.717, 1.165) is 53.8 Å². The van der Waals surface area contributed by atoms with Crippen molar-refractivity contribution in [1.29, 1.82) is 0 Å². The number of hydrogen-bond acceptors (Lipinski definition) is 4. The maximum absolute atomic E-state index is 13.2. The zero-order valence-corrected chi connectivity index (χ0v) is 18.1. The van der Waals surface area contributed by atoms with Crippen LogP contribution in [0.4, 0.5) is 0 Å². The summed E-state index contributed by atoms with van der Waals surface area (Å²) in [5, 5.41) is 0. The van der Waals surface area contributed by atoms with Gasteiger partial charge in [0.2, 0.25) is 5.91 Å². The number of nitrogens with zero attached hydrogens (tertiary/aromatic N) is 2. The van der Waals surface area contributed by atoms with Crippen LogP contribution in [0, 0.1) is 38.6 Å². The molecule has 153 valence electrons. The summed E-state index contributed by atoms with van der Waals surface area (Å²) in [6.45, 7) is 9.48. The van der Waals surface area contributed by atoms with E-state index < -0.39 is 0 Å². The molecule has 2 fully saturated rings. The van der Waals surface area contributed by atoms with Gasteiger partial charge in [-0.1, -0.05) is 30.3 Å². The number of benzene rings is 1. The number of fused-ring (bicyclic) bond motifs is 1. The third-order valence-electron chi connectivity index (χ3n) is 6.38. The molecule has 5 nitrogen and oxygen atoms in total. The van der Waals surface area contributed by atoms with E-state index in [-0.39, 0.29) is 18.2 Å². The molecule has 2 amide bonds. The van der Waals surface area contributed by atoms with Crippen LogP contribution in [-0.4, -0.2) is 47.8 Å². The van der Waals surface area contributed by atoms with Gasteiger partial charge in [0.15, 0.2) is 0 Å². The van der Waals surface area contributed by atoms with Crippen molar-refractivity contribution >= 4 is 23.2 Å². The Morgan fingerprint density at radius 2 is 1.55 bits per heavy atom. The molecule has 2 aromatic rings. The number of primary amides is 1. The first-order chi connectivity index (χ1) is 13.8. The first kappa shape index (κ1) is 20.1. The molecule has 6 heteroatoms. The summed E-state index contributed by atoms with van der Waals surface area (Å²) in [5.74, 6) is 0.739. The number of rotatable bonds is 5. The summed E-state index contributed by atoms with van der Waals surface area (Å²) in [6, 6.07) is 11.0. The number of carbonyl (C=O) groups excluding carboxylic acids is 2. The van der Waals surface area contributed by atoms with Crippen LogP contribution in [0.1, 0.15) is 37.7 Å². The number of hydrogen-bond donors (Lipinski definition) is 1. The van der Waals surface area contributed by atoms with E-state index in [0.29, 0.717) is 11.8 Å². The van der Waals surface area contributed by atoms with Gasteiger partial charge in [-0.15, -0.1) is 11.3 Å². The van der Waals surface area contributed by atoms with Crippen molar-refractivity contribution in [2.24, 2.45) is 17.6 Å². The minimum Gasteiger partial charge on any atom is -0.370 e. The minimum atomic E-state index is -0.309. The number of likely N-dealkylation sites (tertiary alicyclic amines) is 2. The van der Waals surface area contributed by atoms with E-state index in [2.05, 4.69) is 18.7 Å². The topological polar surface area (TPSA) is 66.6 Å². The molecule has 2 saturated heterocycles. The van der Waals surface area contributed by atoms with E-state index in [1.807, 2.05) is 42.2 Å². The van der Waals surface area contributed by atoms with Gasteiger partial charge in [0, 0.05) is 35.9 Å². The Morgan fingerprint density at radius 1 is 0.966 bits per heavy atom. The summed E-state index contributed by atoms with van der Waals surface area (Å²) < 4.78 is 0. The Balaban J connectivity index is 1.46. The van der Waals surface area contributed by atoms with Crippen LogP contribution in [0.2, 0.25) is 0 Å². The van der Waals surface area contributed by atoms with Crippen LogP contribution >= 0.6 is 11.3 Å². The van der Waals surface area contributed by atoms with Gasteiger partial charge in [-0.05, 0) is 43.7 Å². The van der Waals surface area contributed by atoms with E-state index in [9.17, 15) is 9.59 Å². The lowest BCUT2D eigenvalue weighted by molar-refractivity contribution is -0.118. The Morgan fingerprint density at radius 3 is 2.07 bits per heavy atom. The fourth-order valence-electron chi connectivity index (χ4n) is 4.84. The maximum Gasteiger partial charge on any atom is 0.255 e. The van der Waals surface area contributed by atoms with Crippen LogP contribution < -0.4 is 5.73 Å². The number of carbonyl (C=O) groups is 2. The first-order valence-corrected chi connectivity index (χ1v) is 11.0. The predicted molar refractivity (Wildman–Crippen MR) is 116 cm³/mol. The second-order valence-corrected chi connectivity index (χ2v) is 9.73. The SMILES string of the molecule is Cc1sc(C)c(C(=O)N2CC3CN([C](CC(N)=O)c4ccccc4)C[C@H]3C2)c1C. The van der Waals surface area contributed by atoms with E-state index in [4.69, 9.17) is 5.73 Å². The van der Waals surface area contributed by atoms with Crippen LogP contribution in [-0.2, 0) is 4.79 Å². The van der Waals surface area contributed by atoms with Gasteiger partial charge in [-0.2, -0.15) is 0 Å². The van der Waals surface area contributed by atoms with Gasteiger partial charge < -0.3 is 10.6 Å². The summed E-state index contributed by atoms with van der Waals surface area (Å²) in [5.41, 5.74) is 8.61. The quantitative estimate of drug-likeness (QED) is 0.824. The number of nitrogens with two attached hydrogens (primary N) is 1. The smallest absolute Gasteiger partial charge is 0.255 e. The molecule has 2 aliphatic heterocycles. The molecule has 1 unspecified atom stereocenters. The third-order valence-corrected chi connectivity index (χ3v) is 7.50. The summed E-state index contributed by atoms with van der Waals surface area (Å²) >= 11 is 1.71.